The first-order valence-electron chi connectivity index (χ1n) is 9.24. The van der Waals surface area contributed by atoms with Crippen LogP contribution in [0.4, 0.5) is 0 Å². The molecule has 0 saturated carbocycles. The molecule has 1 unspecified atom stereocenters. The van der Waals surface area contributed by atoms with E-state index in [1.807, 2.05) is 7.05 Å². The predicted octanol–water partition coefficient (Wildman–Crippen LogP) is 2.62. The average Bonchev–Trinajstić information content (AvgIpc) is 3.14. The van der Waals surface area contributed by atoms with Crippen LogP contribution in [0.5, 0.6) is 0 Å². The topological polar surface area (TPSA) is 48.9 Å². The summed E-state index contributed by atoms with van der Waals surface area (Å²) in [6, 6.07) is 8.88. The summed E-state index contributed by atoms with van der Waals surface area (Å²) in [4.78, 5) is 6.96. The largest absolute Gasteiger partial charge is 0.381 e. The number of aliphatic imine (C=N–C) groups is 1. The van der Waals surface area contributed by atoms with Gasteiger partial charge in [0, 0.05) is 50.3 Å². The lowest BCUT2D eigenvalue weighted by atomic mass is 10.0. The van der Waals surface area contributed by atoms with Crippen molar-refractivity contribution in [1.29, 1.82) is 0 Å². The van der Waals surface area contributed by atoms with Gasteiger partial charge in [0.1, 0.15) is 0 Å². The third kappa shape index (κ3) is 5.97. The molecule has 3 rings (SSSR count). The summed E-state index contributed by atoms with van der Waals surface area (Å²) >= 11 is 3.47. The Hall–Kier alpha value is -1.11. The number of ether oxygens (including phenoxy) is 1. The van der Waals surface area contributed by atoms with Gasteiger partial charge in [-0.2, -0.15) is 0 Å². The third-order valence-corrected chi connectivity index (χ3v) is 5.59. The highest BCUT2D eigenvalue weighted by atomic mass is 79.9. The Balaban J connectivity index is 1.38. The summed E-state index contributed by atoms with van der Waals surface area (Å²) in [6.07, 6.45) is 3.57. The van der Waals surface area contributed by atoms with Crippen molar-refractivity contribution in [2.45, 2.75) is 31.8 Å². The summed E-state index contributed by atoms with van der Waals surface area (Å²) in [5.74, 6) is 1.63. The first-order valence-corrected chi connectivity index (χ1v) is 10.0. The molecule has 2 N–H and O–H groups in total. The molecule has 25 heavy (non-hydrogen) atoms. The zero-order valence-corrected chi connectivity index (χ0v) is 16.6. The van der Waals surface area contributed by atoms with Crippen molar-refractivity contribution in [1.82, 2.24) is 15.5 Å². The van der Waals surface area contributed by atoms with Crippen LogP contribution >= 0.6 is 15.9 Å². The molecule has 2 fully saturated rings. The fourth-order valence-corrected chi connectivity index (χ4v) is 3.79. The minimum absolute atomic E-state index is 0.507. The van der Waals surface area contributed by atoms with E-state index in [1.165, 1.54) is 31.4 Å². The van der Waals surface area contributed by atoms with E-state index in [0.717, 1.165) is 49.2 Å². The van der Waals surface area contributed by atoms with Gasteiger partial charge in [-0.3, -0.25) is 4.99 Å². The second-order valence-electron chi connectivity index (χ2n) is 7.00. The number of nitrogens with one attached hydrogen (secondary N) is 2. The van der Waals surface area contributed by atoms with E-state index in [9.17, 15) is 0 Å². The summed E-state index contributed by atoms with van der Waals surface area (Å²) in [5.41, 5.74) is 1.25. The van der Waals surface area contributed by atoms with E-state index in [0.29, 0.717) is 6.04 Å². The molecule has 2 aliphatic heterocycles. The highest BCUT2D eigenvalue weighted by Crippen LogP contribution is 2.17. The van der Waals surface area contributed by atoms with Crippen molar-refractivity contribution in [3.63, 3.8) is 0 Å². The fourth-order valence-electron chi connectivity index (χ4n) is 3.53. The number of hydrogen-bond donors (Lipinski definition) is 2. The smallest absolute Gasteiger partial charge is 0.191 e. The molecule has 0 bridgehead atoms. The van der Waals surface area contributed by atoms with E-state index in [2.05, 4.69) is 60.7 Å². The van der Waals surface area contributed by atoms with Crippen LogP contribution in [0.25, 0.3) is 0 Å². The molecule has 138 valence electrons. The van der Waals surface area contributed by atoms with E-state index in [-0.39, 0.29) is 0 Å². The Bertz CT molecular complexity index is 549. The van der Waals surface area contributed by atoms with Gasteiger partial charge in [0.25, 0.3) is 0 Å². The molecule has 5 nitrogen and oxygen atoms in total. The first-order chi connectivity index (χ1) is 12.2. The molecule has 0 aromatic heterocycles. The SMILES string of the molecule is CN=C(NCc1ccc(Br)cc1)NC1CCN(CC2CCOC2)CC1. The zero-order chi connectivity index (χ0) is 17.5. The minimum Gasteiger partial charge on any atom is -0.381 e. The molecule has 1 atom stereocenters. The van der Waals surface area contributed by atoms with Crippen molar-refractivity contribution in [2.24, 2.45) is 10.9 Å². The van der Waals surface area contributed by atoms with E-state index in [4.69, 9.17) is 4.74 Å². The van der Waals surface area contributed by atoms with Crippen molar-refractivity contribution in [3.8, 4) is 0 Å². The Morgan fingerprint density at radius 1 is 1.24 bits per heavy atom. The molecule has 0 spiro atoms. The van der Waals surface area contributed by atoms with Crippen LogP contribution in [0.1, 0.15) is 24.8 Å². The minimum atomic E-state index is 0.507. The van der Waals surface area contributed by atoms with Crippen LogP contribution in [0.15, 0.2) is 33.7 Å². The van der Waals surface area contributed by atoms with Crippen LogP contribution in [0.2, 0.25) is 0 Å². The highest BCUT2D eigenvalue weighted by Gasteiger charge is 2.24. The van der Waals surface area contributed by atoms with Crippen molar-refractivity contribution in [3.05, 3.63) is 34.3 Å². The number of guanidine groups is 1. The van der Waals surface area contributed by atoms with Crippen molar-refractivity contribution >= 4 is 21.9 Å². The number of nitrogens with zero attached hydrogens (tertiary/aromatic N) is 2. The van der Waals surface area contributed by atoms with Crippen LogP contribution in [-0.2, 0) is 11.3 Å². The normalized spacial score (nSPS) is 23.0. The fraction of sp³-hybridized carbons (Fsp3) is 0.632. The maximum atomic E-state index is 5.49. The highest BCUT2D eigenvalue weighted by molar-refractivity contribution is 9.10. The maximum absolute atomic E-state index is 5.49. The van der Waals surface area contributed by atoms with Crippen LogP contribution < -0.4 is 10.6 Å². The molecule has 0 aliphatic carbocycles. The van der Waals surface area contributed by atoms with Gasteiger partial charge in [-0.1, -0.05) is 28.1 Å². The number of halogens is 1. The van der Waals surface area contributed by atoms with Crippen molar-refractivity contribution < 1.29 is 4.74 Å². The average molecular weight is 409 g/mol. The molecule has 0 radical (unpaired) electrons. The second kappa shape index (κ2) is 9.55. The van der Waals surface area contributed by atoms with Crippen LogP contribution in [0, 0.1) is 5.92 Å². The number of benzene rings is 1. The van der Waals surface area contributed by atoms with Crippen molar-refractivity contribution in [2.75, 3.05) is 39.9 Å². The lowest BCUT2D eigenvalue weighted by molar-refractivity contribution is 0.150. The Morgan fingerprint density at radius 2 is 2.00 bits per heavy atom. The number of rotatable bonds is 5. The molecule has 6 heteroatoms. The Morgan fingerprint density at radius 3 is 2.64 bits per heavy atom. The Labute approximate surface area is 159 Å². The number of hydrogen-bond acceptors (Lipinski definition) is 3. The van der Waals surface area contributed by atoms with Gasteiger partial charge in [-0.15, -0.1) is 0 Å². The van der Waals surface area contributed by atoms with Gasteiger partial charge in [-0.05, 0) is 42.9 Å². The van der Waals surface area contributed by atoms with Gasteiger partial charge in [-0.25, -0.2) is 0 Å². The molecule has 1 aromatic rings. The lowest BCUT2D eigenvalue weighted by Gasteiger charge is -2.34. The van der Waals surface area contributed by atoms with E-state index in [1.54, 1.807) is 0 Å². The zero-order valence-electron chi connectivity index (χ0n) is 15.0. The van der Waals surface area contributed by atoms with Gasteiger partial charge < -0.3 is 20.3 Å². The van der Waals surface area contributed by atoms with Gasteiger partial charge in [0.2, 0.25) is 0 Å². The molecule has 0 amide bonds. The van der Waals surface area contributed by atoms with Gasteiger partial charge in [0.05, 0.1) is 6.61 Å². The van der Waals surface area contributed by atoms with Crippen LogP contribution in [0.3, 0.4) is 0 Å². The summed E-state index contributed by atoms with van der Waals surface area (Å²) in [5, 5.41) is 7.00. The molecule has 1 aromatic carbocycles. The number of likely N-dealkylation sites (tertiary alicyclic amines) is 1. The molecule has 2 saturated heterocycles. The summed E-state index contributed by atoms with van der Waals surface area (Å²) in [6.45, 7) is 6.21. The predicted molar refractivity (Wildman–Crippen MR) is 106 cm³/mol. The van der Waals surface area contributed by atoms with E-state index < -0.39 is 0 Å². The standard InChI is InChI=1S/C19H29BrN4O/c1-21-19(22-12-15-2-4-17(20)5-3-15)23-18-6-9-24(10-7-18)13-16-8-11-25-14-16/h2-5,16,18H,6-14H2,1H3,(H2,21,22,23). The maximum Gasteiger partial charge on any atom is 0.191 e. The monoisotopic (exact) mass is 408 g/mol. The molecule has 2 aliphatic rings. The Kier molecular flexibility index (Phi) is 7.13. The quantitative estimate of drug-likeness (QED) is 0.580. The van der Waals surface area contributed by atoms with Crippen LogP contribution in [-0.4, -0.2) is 56.8 Å². The number of piperidine rings is 1. The summed E-state index contributed by atoms with van der Waals surface area (Å²) in [7, 11) is 1.84. The molecular weight excluding hydrogens is 380 g/mol. The molecular formula is C19H29BrN4O. The third-order valence-electron chi connectivity index (χ3n) is 5.07. The first kappa shape index (κ1) is 18.7. The lowest BCUT2D eigenvalue weighted by Crippen LogP contribution is -2.49. The second-order valence-corrected chi connectivity index (χ2v) is 7.92. The van der Waals surface area contributed by atoms with E-state index >= 15 is 0 Å². The van der Waals surface area contributed by atoms with Gasteiger partial charge >= 0.3 is 0 Å². The van der Waals surface area contributed by atoms with Gasteiger partial charge in [0.15, 0.2) is 5.96 Å². The summed E-state index contributed by atoms with van der Waals surface area (Å²) < 4.78 is 6.60. The molecule has 2 heterocycles.